The number of hydrogen-bond donors (Lipinski definition) is 0. The maximum atomic E-state index is 7.35. The SMILES string of the molecule is Cc1ccc2c(n1)oc1c[c-]c(-c3nc4ccnc(C)c4n3-c3c(C(C)C)cc(-c4ccccc4)cc3C(C)C)cc12.[2H]C([2H])([2H])c1c[c-]c(-c2ccc([Si](C)(C)C)cn2)cc1.[Ir]. The van der Waals surface area contributed by atoms with Gasteiger partial charge in [0.1, 0.15) is 0 Å². The Morgan fingerprint density at radius 2 is 1.47 bits per heavy atom. The zero-order chi connectivity index (χ0) is 44.1. The quantitative estimate of drug-likeness (QED) is 0.118. The molecule has 5 heterocycles. The zero-order valence-corrected chi connectivity index (χ0v) is 39.0. The number of furan rings is 1. The normalized spacial score (nSPS) is 12.6. The van der Waals surface area contributed by atoms with Gasteiger partial charge >= 0.3 is 0 Å². The molecule has 0 aliphatic rings. The van der Waals surface area contributed by atoms with Gasteiger partial charge in [-0.05, 0) is 89.1 Å². The van der Waals surface area contributed by atoms with Crippen LogP contribution in [0.1, 0.15) is 71.7 Å². The van der Waals surface area contributed by atoms with E-state index >= 15 is 0 Å². The van der Waals surface area contributed by atoms with Gasteiger partial charge in [0.25, 0.3) is 0 Å². The van der Waals surface area contributed by atoms with Gasteiger partial charge in [0, 0.05) is 53.4 Å². The molecule has 6 nitrogen and oxygen atoms in total. The van der Waals surface area contributed by atoms with E-state index in [4.69, 9.17) is 18.5 Å². The average molecular weight is 985 g/mol. The average Bonchev–Trinajstić information content (AvgIpc) is 3.81. The van der Waals surface area contributed by atoms with Crippen LogP contribution in [0.4, 0.5) is 0 Å². The van der Waals surface area contributed by atoms with Crippen LogP contribution in [-0.4, -0.2) is 32.6 Å². The number of fused-ring (bicyclic) bond motifs is 4. The van der Waals surface area contributed by atoms with Gasteiger partial charge in [-0.1, -0.05) is 102 Å². The van der Waals surface area contributed by atoms with E-state index in [1.807, 2.05) is 43.6 Å². The first-order valence-corrected chi connectivity index (χ1v) is 23.8. The van der Waals surface area contributed by atoms with Crippen molar-refractivity contribution in [2.75, 3.05) is 0 Å². The topological polar surface area (TPSA) is 69.6 Å². The Balaban J connectivity index is 0.000000239. The molecular weight excluding hydrogens is 931 g/mol. The number of imidazole rings is 1. The molecule has 8 heteroatoms. The Hall–Kier alpha value is -5.53. The summed E-state index contributed by atoms with van der Waals surface area (Å²) in [4.78, 5) is 19.0. The van der Waals surface area contributed by atoms with E-state index in [1.54, 1.807) is 12.1 Å². The van der Waals surface area contributed by atoms with Gasteiger partial charge in [-0.3, -0.25) is 9.97 Å². The van der Waals surface area contributed by atoms with Gasteiger partial charge in [-0.25, -0.2) is 4.98 Å². The summed E-state index contributed by atoms with van der Waals surface area (Å²) >= 11 is 0. The molecule has 9 rings (SSSR count). The molecule has 0 spiro atoms. The van der Waals surface area contributed by atoms with Gasteiger partial charge in [0.2, 0.25) is 5.71 Å². The Labute approximate surface area is 372 Å². The molecule has 305 valence electrons. The van der Waals surface area contributed by atoms with E-state index in [-0.39, 0.29) is 31.9 Å². The van der Waals surface area contributed by atoms with Crippen LogP contribution in [-0.2, 0) is 20.1 Å². The number of pyridine rings is 3. The fourth-order valence-corrected chi connectivity index (χ4v) is 8.63. The van der Waals surface area contributed by atoms with Crippen molar-refractivity contribution < 1.29 is 28.6 Å². The Morgan fingerprint density at radius 3 is 2.10 bits per heavy atom. The van der Waals surface area contributed by atoms with Crippen molar-refractivity contribution in [2.24, 2.45) is 0 Å². The molecule has 0 aliphatic carbocycles. The van der Waals surface area contributed by atoms with Crippen LogP contribution in [0, 0.1) is 32.8 Å². The Bertz CT molecular complexity index is 2980. The summed E-state index contributed by atoms with van der Waals surface area (Å²) in [5, 5.41) is 3.30. The first-order chi connectivity index (χ1) is 29.5. The summed E-state index contributed by atoms with van der Waals surface area (Å²) in [6.45, 7) is 17.9. The molecule has 0 aliphatic heterocycles. The molecule has 5 aromatic heterocycles. The summed E-state index contributed by atoms with van der Waals surface area (Å²) < 4.78 is 30.5. The predicted molar refractivity (Wildman–Crippen MR) is 248 cm³/mol. The standard InChI is InChI=1S/C37H33N4O.C15H18NSi.Ir/c1-21(2)29-19-27(25-10-8-7-9-11-25)20-30(22(3)4)35(29)41-34-24(6)38-17-16-32(34)40-36(41)26-13-15-33-31(18-26)28-14-12-23(5)39-37(28)42-33;1-12-5-7-13(8-6-12)15-10-9-14(11-16-15)17(2,3)4;/h7-12,14-22H,1-6H3;5-7,9-11H,1-4H3;/q2*-1;/i;1D3;. The number of rotatable bonds is 7. The van der Waals surface area contributed by atoms with Crippen LogP contribution in [0.5, 0.6) is 0 Å². The van der Waals surface area contributed by atoms with E-state index in [1.165, 1.54) is 39.2 Å². The van der Waals surface area contributed by atoms with Crippen LogP contribution in [0.25, 0.3) is 72.6 Å². The number of aromatic nitrogens is 5. The van der Waals surface area contributed by atoms with E-state index < -0.39 is 14.9 Å². The molecular formula is C52H51IrN5OSi-2. The summed E-state index contributed by atoms with van der Waals surface area (Å²) in [6.07, 6.45) is 3.77. The van der Waals surface area contributed by atoms with Gasteiger partial charge in [0.15, 0.2) is 0 Å². The van der Waals surface area contributed by atoms with Crippen molar-refractivity contribution in [1.82, 2.24) is 24.5 Å². The molecule has 0 saturated heterocycles. The molecule has 60 heavy (non-hydrogen) atoms. The second-order valence-corrected chi connectivity index (χ2v) is 22.0. The molecule has 0 atom stereocenters. The number of hydrogen-bond acceptors (Lipinski definition) is 5. The van der Waals surface area contributed by atoms with Crippen molar-refractivity contribution in [3.05, 3.63) is 156 Å². The zero-order valence-electron chi connectivity index (χ0n) is 38.6. The maximum absolute atomic E-state index is 7.35. The minimum absolute atomic E-state index is 0. The van der Waals surface area contributed by atoms with Gasteiger partial charge < -0.3 is 14.0 Å². The first kappa shape index (κ1) is 38.7. The van der Waals surface area contributed by atoms with Crippen molar-refractivity contribution in [3.63, 3.8) is 0 Å². The van der Waals surface area contributed by atoms with Crippen molar-refractivity contribution >= 4 is 46.4 Å². The second kappa shape index (κ2) is 17.2. The van der Waals surface area contributed by atoms with Crippen molar-refractivity contribution in [3.8, 4) is 39.5 Å². The number of nitrogens with zero attached hydrogens (tertiary/aromatic N) is 5. The molecule has 1 radical (unpaired) electrons. The van der Waals surface area contributed by atoms with Gasteiger partial charge in [-0.15, -0.1) is 59.2 Å². The predicted octanol–water partition coefficient (Wildman–Crippen LogP) is 13.1. The van der Waals surface area contributed by atoms with E-state index in [0.717, 1.165) is 61.4 Å². The number of benzene rings is 4. The molecule has 0 bridgehead atoms. The van der Waals surface area contributed by atoms with Crippen molar-refractivity contribution in [2.45, 2.75) is 79.9 Å². The summed E-state index contributed by atoms with van der Waals surface area (Å²) in [5.41, 5.74) is 14.2. The summed E-state index contributed by atoms with van der Waals surface area (Å²) in [6, 6.07) is 41.0. The van der Waals surface area contributed by atoms with Crippen LogP contribution in [0.2, 0.25) is 19.6 Å². The van der Waals surface area contributed by atoms with E-state index in [9.17, 15) is 0 Å². The second-order valence-electron chi connectivity index (χ2n) is 16.9. The minimum atomic E-state index is -2.08. The fraction of sp³-hybridized carbons (Fsp3) is 0.231. The molecule has 4 aromatic carbocycles. The monoisotopic (exact) mass is 985 g/mol. The minimum Gasteiger partial charge on any atom is -0.486 e. The smallest absolute Gasteiger partial charge is 0.216 e. The molecule has 0 saturated carbocycles. The third kappa shape index (κ3) is 8.42. The molecule has 0 N–H and O–H groups in total. The third-order valence-electron chi connectivity index (χ3n) is 10.9. The van der Waals surface area contributed by atoms with Crippen LogP contribution in [0.3, 0.4) is 0 Å². The van der Waals surface area contributed by atoms with Crippen LogP contribution >= 0.6 is 0 Å². The molecule has 0 fully saturated rings. The van der Waals surface area contributed by atoms with Crippen LogP contribution < -0.4 is 5.19 Å². The molecule has 0 amide bonds. The summed E-state index contributed by atoms with van der Waals surface area (Å²) in [5.74, 6) is 1.40. The largest absolute Gasteiger partial charge is 0.486 e. The van der Waals surface area contributed by atoms with Crippen molar-refractivity contribution in [1.29, 1.82) is 0 Å². The third-order valence-corrected chi connectivity index (χ3v) is 12.9. The first-order valence-electron chi connectivity index (χ1n) is 21.8. The molecule has 0 unspecified atom stereocenters. The fourth-order valence-electron chi connectivity index (χ4n) is 7.60. The Morgan fingerprint density at radius 1 is 0.733 bits per heavy atom. The van der Waals surface area contributed by atoms with E-state index in [0.29, 0.717) is 11.3 Å². The number of aryl methyl sites for hydroxylation is 3. The van der Waals surface area contributed by atoms with Crippen LogP contribution in [0.15, 0.2) is 120 Å². The van der Waals surface area contributed by atoms with E-state index in [2.05, 4.69) is 142 Å². The maximum Gasteiger partial charge on any atom is 0.216 e. The Kier molecular flexibility index (Phi) is 11.1. The van der Waals surface area contributed by atoms with Gasteiger partial charge in [-0.2, -0.15) is 0 Å². The van der Waals surface area contributed by atoms with Gasteiger partial charge in [0.05, 0.1) is 36.2 Å². The summed E-state index contributed by atoms with van der Waals surface area (Å²) in [7, 11) is -1.34. The molecule has 9 aromatic rings.